The maximum atomic E-state index is 12.5. The van der Waals surface area contributed by atoms with Crippen molar-refractivity contribution in [3.8, 4) is 11.3 Å². The second-order valence-corrected chi connectivity index (χ2v) is 8.48. The van der Waals surface area contributed by atoms with Crippen LogP contribution in [0.5, 0.6) is 0 Å². The summed E-state index contributed by atoms with van der Waals surface area (Å²) >= 11 is 13.2. The van der Waals surface area contributed by atoms with Gasteiger partial charge in [-0.25, -0.2) is 9.79 Å². The average molecular weight is 486 g/mol. The molecule has 162 valence electrons. The minimum Gasteiger partial charge on any atom is -0.506 e. The maximum Gasteiger partial charge on any atom is 0.344 e. The molecule has 0 radical (unpaired) electrons. The van der Waals surface area contributed by atoms with Gasteiger partial charge in [-0.3, -0.25) is 0 Å². The van der Waals surface area contributed by atoms with E-state index in [0.717, 1.165) is 5.56 Å². The lowest BCUT2D eigenvalue weighted by Gasteiger charge is -2.03. The molecule has 3 aromatic rings. The molecular weight excluding hydrogens is 469 g/mol. The summed E-state index contributed by atoms with van der Waals surface area (Å²) in [5.41, 5.74) is 1.45. The number of ether oxygens (including phenoxy) is 1. The molecule has 0 bridgehead atoms. The van der Waals surface area contributed by atoms with Gasteiger partial charge in [0.15, 0.2) is 0 Å². The number of hydrogen-bond acceptors (Lipinski definition) is 6. The summed E-state index contributed by atoms with van der Waals surface area (Å²) in [6.07, 6.45) is 1.65. The summed E-state index contributed by atoms with van der Waals surface area (Å²) in [6.45, 7) is 1.89. The van der Waals surface area contributed by atoms with Gasteiger partial charge in [0.2, 0.25) is 0 Å². The van der Waals surface area contributed by atoms with Crippen LogP contribution in [-0.2, 0) is 9.53 Å². The monoisotopic (exact) mass is 485 g/mol. The molecule has 0 fully saturated rings. The first kappa shape index (κ1) is 22.3. The van der Waals surface area contributed by atoms with Crippen LogP contribution in [0.4, 0.5) is 5.69 Å². The van der Waals surface area contributed by atoms with Crippen molar-refractivity contribution in [1.29, 1.82) is 0 Å². The zero-order valence-corrected chi connectivity index (χ0v) is 19.2. The highest BCUT2D eigenvalue weighted by atomic mass is 35.5. The number of para-hydroxylation sites is 1. The fraction of sp³-hybridized carbons (Fsp3) is 0.0833. The van der Waals surface area contributed by atoms with Gasteiger partial charge in [0.1, 0.15) is 27.9 Å². The maximum absolute atomic E-state index is 12.5. The Morgan fingerprint density at radius 1 is 1.12 bits per heavy atom. The molecule has 0 spiro atoms. The zero-order chi connectivity index (χ0) is 22.7. The number of hydrogen-bond donors (Lipinski definition) is 1. The van der Waals surface area contributed by atoms with Gasteiger partial charge in [-0.2, -0.15) is 0 Å². The molecule has 0 saturated carbocycles. The quantitative estimate of drug-likeness (QED) is 0.380. The minimum absolute atomic E-state index is 0.0308. The lowest BCUT2D eigenvalue weighted by molar-refractivity contribution is -0.138. The van der Waals surface area contributed by atoms with Gasteiger partial charge in [-0.1, -0.05) is 53.2 Å². The van der Waals surface area contributed by atoms with Gasteiger partial charge >= 0.3 is 5.97 Å². The van der Waals surface area contributed by atoms with Crippen LogP contribution < -0.4 is 0 Å². The number of aliphatic hydroxyl groups is 1. The highest BCUT2D eigenvalue weighted by Gasteiger charge is 2.33. The number of aliphatic hydroxyl groups excluding tert-OH is 1. The Morgan fingerprint density at radius 3 is 2.62 bits per heavy atom. The molecule has 2 aromatic carbocycles. The van der Waals surface area contributed by atoms with Crippen LogP contribution in [0, 0.1) is 0 Å². The Hall–Kier alpha value is -2.93. The molecule has 5 nitrogen and oxygen atoms in total. The minimum atomic E-state index is -0.633. The number of carbonyl (C=O) groups is 1. The van der Waals surface area contributed by atoms with Gasteiger partial charge in [-0.15, -0.1) is 0 Å². The second kappa shape index (κ2) is 9.69. The zero-order valence-electron chi connectivity index (χ0n) is 16.8. The van der Waals surface area contributed by atoms with Crippen molar-refractivity contribution in [3.63, 3.8) is 0 Å². The van der Waals surface area contributed by atoms with Crippen molar-refractivity contribution in [3.05, 3.63) is 92.7 Å². The summed E-state index contributed by atoms with van der Waals surface area (Å²) in [7, 11) is 0. The smallest absolute Gasteiger partial charge is 0.344 e. The Kier molecular flexibility index (Phi) is 6.74. The predicted molar refractivity (Wildman–Crippen MR) is 130 cm³/mol. The largest absolute Gasteiger partial charge is 0.506 e. The number of aliphatic imine (C=N–C) groups is 1. The molecule has 0 aliphatic carbocycles. The Morgan fingerprint density at radius 2 is 1.91 bits per heavy atom. The number of nitrogens with zero attached hydrogens (tertiary/aromatic N) is 1. The summed E-state index contributed by atoms with van der Waals surface area (Å²) < 4.78 is 11.0. The lowest BCUT2D eigenvalue weighted by Crippen LogP contribution is -2.12. The van der Waals surface area contributed by atoms with Gasteiger partial charge in [0.25, 0.3) is 0 Å². The van der Waals surface area contributed by atoms with E-state index < -0.39 is 5.97 Å². The first-order valence-corrected chi connectivity index (χ1v) is 11.2. The third kappa shape index (κ3) is 4.78. The number of thioether (sulfide) groups is 1. The fourth-order valence-electron chi connectivity index (χ4n) is 2.98. The van der Waals surface area contributed by atoms with Crippen LogP contribution in [0.2, 0.25) is 10.0 Å². The SMILES string of the molecule is CCOC(=O)C1=C(O)/C(=C/c2ccc(-c3ccc(Cl)c(Cl)c3)o2)SC1=Nc1ccccc1. The van der Waals surface area contributed by atoms with Crippen LogP contribution in [0.1, 0.15) is 12.7 Å². The predicted octanol–water partition coefficient (Wildman–Crippen LogP) is 7.45. The van der Waals surface area contributed by atoms with Gasteiger partial charge < -0.3 is 14.3 Å². The van der Waals surface area contributed by atoms with E-state index in [-0.39, 0.29) is 17.9 Å². The standard InChI is InChI=1S/C24H17Cl2NO4S/c1-2-30-24(29)21-22(28)20(32-23(21)27-15-6-4-3-5-7-15)13-16-9-11-19(31-16)14-8-10-17(25)18(26)12-14/h3-13,28H,2H2,1H3/b20-13-,27-23?. The van der Waals surface area contributed by atoms with Crippen LogP contribution in [-0.4, -0.2) is 22.7 Å². The van der Waals surface area contributed by atoms with Crippen molar-refractivity contribution < 1.29 is 19.1 Å². The number of carbonyl (C=O) groups excluding carboxylic acids is 1. The van der Waals surface area contributed by atoms with E-state index in [1.807, 2.05) is 30.3 Å². The molecule has 0 amide bonds. The number of rotatable bonds is 5. The third-order valence-corrected chi connectivity index (χ3v) is 6.22. The van der Waals surface area contributed by atoms with E-state index in [0.29, 0.717) is 37.2 Å². The second-order valence-electron chi connectivity index (χ2n) is 6.64. The summed E-state index contributed by atoms with van der Waals surface area (Å²) in [5, 5.41) is 12.0. The van der Waals surface area contributed by atoms with Crippen molar-refractivity contribution in [2.75, 3.05) is 6.61 Å². The van der Waals surface area contributed by atoms with Gasteiger partial charge in [0, 0.05) is 5.56 Å². The van der Waals surface area contributed by atoms with Crippen LogP contribution >= 0.6 is 35.0 Å². The number of esters is 1. The van der Waals surface area contributed by atoms with Gasteiger partial charge in [0.05, 0.1) is 27.2 Å². The highest BCUT2D eigenvalue weighted by Crippen LogP contribution is 2.40. The first-order chi connectivity index (χ1) is 15.5. The molecule has 1 aliphatic rings. The molecule has 8 heteroatoms. The van der Waals surface area contributed by atoms with E-state index in [1.165, 1.54) is 11.8 Å². The van der Waals surface area contributed by atoms with Crippen LogP contribution in [0.25, 0.3) is 17.4 Å². The molecule has 32 heavy (non-hydrogen) atoms. The Balaban J connectivity index is 1.69. The Labute approximate surface area is 199 Å². The highest BCUT2D eigenvalue weighted by molar-refractivity contribution is 8.18. The first-order valence-electron chi connectivity index (χ1n) is 9.66. The molecule has 0 unspecified atom stereocenters. The van der Waals surface area contributed by atoms with Gasteiger partial charge in [-0.05, 0) is 55.5 Å². The Bertz CT molecular complexity index is 1260. The van der Waals surface area contributed by atoms with Crippen LogP contribution in [0.15, 0.2) is 86.3 Å². The molecule has 0 atom stereocenters. The summed E-state index contributed by atoms with van der Waals surface area (Å²) in [4.78, 5) is 17.4. The van der Waals surface area contributed by atoms with Crippen LogP contribution in [0.3, 0.4) is 0 Å². The van der Waals surface area contributed by atoms with E-state index in [4.69, 9.17) is 32.4 Å². The van der Waals surface area contributed by atoms with E-state index in [9.17, 15) is 9.90 Å². The topological polar surface area (TPSA) is 72.0 Å². The average Bonchev–Trinajstić information content (AvgIpc) is 3.36. The fourth-order valence-corrected chi connectivity index (χ4v) is 4.29. The van der Waals surface area contributed by atoms with Crippen molar-refractivity contribution in [1.82, 2.24) is 0 Å². The van der Waals surface area contributed by atoms with E-state index in [2.05, 4.69) is 4.99 Å². The number of benzene rings is 2. The third-order valence-electron chi connectivity index (χ3n) is 4.46. The van der Waals surface area contributed by atoms with Crippen molar-refractivity contribution in [2.24, 2.45) is 4.99 Å². The molecule has 1 aliphatic heterocycles. The normalized spacial score (nSPS) is 16.2. The van der Waals surface area contributed by atoms with Crippen molar-refractivity contribution in [2.45, 2.75) is 6.92 Å². The molecule has 1 aromatic heterocycles. The lowest BCUT2D eigenvalue weighted by atomic mass is 10.2. The summed E-state index contributed by atoms with van der Waals surface area (Å²) in [5.74, 6) is 0.247. The molecule has 1 N–H and O–H groups in total. The molecule has 0 saturated heterocycles. The van der Waals surface area contributed by atoms with E-state index in [1.54, 1.807) is 43.3 Å². The number of furan rings is 1. The van der Waals surface area contributed by atoms with Crippen molar-refractivity contribution >= 4 is 57.7 Å². The molecule has 4 rings (SSSR count). The summed E-state index contributed by atoms with van der Waals surface area (Å²) in [6, 6.07) is 17.9. The molecular formula is C24H17Cl2NO4S. The number of halogens is 2. The molecule has 2 heterocycles. The van der Waals surface area contributed by atoms with E-state index >= 15 is 0 Å².